The first-order chi connectivity index (χ1) is 10.9. The molecule has 0 unspecified atom stereocenters. The van der Waals surface area contributed by atoms with Gasteiger partial charge in [0, 0.05) is 25.3 Å². The maximum absolute atomic E-state index is 12.6. The standard InChI is InChI=1S/C17H14N2O4/c1-18(11-4-6-12(20)7-5-11)15(21)10-3-8-13-14(9-10)17(23)19(2)16(13)22/h3-9,20H,1-2H3. The summed E-state index contributed by atoms with van der Waals surface area (Å²) in [6, 6.07) is 10.7. The lowest BCUT2D eigenvalue weighted by Crippen LogP contribution is -2.26. The molecule has 0 saturated carbocycles. The van der Waals surface area contributed by atoms with Crippen LogP contribution in [0.25, 0.3) is 0 Å². The molecule has 2 aromatic rings. The van der Waals surface area contributed by atoms with Crippen molar-refractivity contribution in [2.75, 3.05) is 19.0 Å². The third kappa shape index (κ3) is 2.34. The van der Waals surface area contributed by atoms with Gasteiger partial charge in [-0.05, 0) is 42.5 Å². The van der Waals surface area contributed by atoms with Crippen molar-refractivity contribution in [1.29, 1.82) is 0 Å². The van der Waals surface area contributed by atoms with Gasteiger partial charge in [0.15, 0.2) is 0 Å². The predicted molar refractivity (Wildman–Crippen MR) is 83.7 cm³/mol. The van der Waals surface area contributed by atoms with Crippen molar-refractivity contribution in [2.24, 2.45) is 0 Å². The molecular formula is C17H14N2O4. The van der Waals surface area contributed by atoms with Crippen molar-refractivity contribution in [3.63, 3.8) is 0 Å². The molecule has 1 aliphatic rings. The molecule has 0 atom stereocenters. The number of hydrogen-bond donors (Lipinski definition) is 1. The lowest BCUT2D eigenvalue weighted by atomic mass is 10.0. The second kappa shape index (κ2) is 5.24. The van der Waals surface area contributed by atoms with Crippen molar-refractivity contribution in [2.45, 2.75) is 0 Å². The van der Waals surface area contributed by atoms with Crippen LogP contribution < -0.4 is 4.90 Å². The van der Waals surface area contributed by atoms with Gasteiger partial charge in [0.05, 0.1) is 11.1 Å². The van der Waals surface area contributed by atoms with E-state index in [1.54, 1.807) is 19.2 Å². The SMILES string of the molecule is CN1C(=O)c2ccc(C(=O)N(C)c3ccc(O)cc3)cc2C1=O. The zero-order valence-corrected chi connectivity index (χ0v) is 12.6. The fourth-order valence-corrected chi connectivity index (χ4v) is 2.48. The normalized spacial score (nSPS) is 13.2. The van der Waals surface area contributed by atoms with E-state index in [-0.39, 0.29) is 23.1 Å². The second-order valence-corrected chi connectivity index (χ2v) is 5.31. The number of hydrogen-bond acceptors (Lipinski definition) is 4. The van der Waals surface area contributed by atoms with Gasteiger partial charge >= 0.3 is 0 Å². The topological polar surface area (TPSA) is 77.9 Å². The number of carbonyl (C=O) groups is 3. The van der Waals surface area contributed by atoms with Crippen molar-refractivity contribution >= 4 is 23.4 Å². The third-order valence-electron chi connectivity index (χ3n) is 3.88. The molecule has 1 N–H and O–H groups in total. The molecule has 0 saturated heterocycles. The summed E-state index contributed by atoms with van der Waals surface area (Å²) in [5, 5.41) is 9.30. The van der Waals surface area contributed by atoms with Crippen LogP contribution in [-0.2, 0) is 0 Å². The van der Waals surface area contributed by atoms with Gasteiger partial charge < -0.3 is 10.0 Å². The van der Waals surface area contributed by atoms with Gasteiger partial charge in [-0.25, -0.2) is 0 Å². The van der Waals surface area contributed by atoms with E-state index in [9.17, 15) is 19.5 Å². The van der Waals surface area contributed by atoms with Crippen LogP contribution in [0.4, 0.5) is 5.69 Å². The smallest absolute Gasteiger partial charge is 0.261 e. The van der Waals surface area contributed by atoms with Crippen molar-refractivity contribution in [3.8, 4) is 5.75 Å². The fraction of sp³-hybridized carbons (Fsp3) is 0.118. The van der Waals surface area contributed by atoms with Gasteiger partial charge in [0.1, 0.15) is 5.75 Å². The highest BCUT2D eigenvalue weighted by atomic mass is 16.3. The number of anilines is 1. The van der Waals surface area contributed by atoms with Gasteiger partial charge in [-0.2, -0.15) is 0 Å². The molecular weight excluding hydrogens is 296 g/mol. The number of benzene rings is 2. The Morgan fingerprint density at radius 1 is 1.00 bits per heavy atom. The van der Waals surface area contributed by atoms with Crippen LogP contribution in [-0.4, -0.2) is 41.8 Å². The largest absolute Gasteiger partial charge is 0.508 e. The molecule has 116 valence electrons. The first-order valence-electron chi connectivity index (χ1n) is 6.93. The monoisotopic (exact) mass is 310 g/mol. The van der Waals surface area contributed by atoms with Gasteiger partial charge in [-0.1, -0.05) is 0 Å². The molecule has 1 heterocycles. The van der Waals surface area contributed by atoms with Gasteiger partial charge in [0.25, 0.3) is 17.7 Å². The minimum absolute atomic E-state index is 0.110. The number of imide groups is 1. The minimum Gasteiger partial charge on any atom is -0.508 e. The van der Waals surface area contributed by atoms with Gasteiger partial charge in [-0.15, -0.1) is 0 Å². The summed E-state index contributed by atoms with van der Waals surface area (Å²) in [6.07, 6.45) is 0. The highest BCUT2D eigenvalue weighted by Gasteiger charge is 2.33. The molecule has 3 amide bonds. The van der Waals surface area contributed by atoms with Gasteiger partial charge in [0.2, 0.25) is 0 Å². The fourth-order valence-electron chi connectivity index (χ4n) is 2.48. The molecule has 0 fully saturated rings. The maximum atomic E-state index is 12.6. The van der Waals surface area contributed by atoms with E-state index in [2.05, 4.69) is 0 Å². The van der Waals surface area contributed by atoms with Crippen LogP contribution in [0.2, 0.25) is 0 Å². The van der Waals surface area contributed by atoms with Crippen LogP contribution in [0.15, 0.2) is 42.5 Å². The lowest BCUT2D eigenvalue weighted by molar-refractivity contribution is 0.0693. The first kappa shape index (κ1) is 14.8. The maximum Gasteiger partial charge on any atom is 0.261 e. The number of carbonyl (C=O) groups excluding carboxylic acids is 3. The highest BCUT2D eigenvalue weighted by molar-refractivity contribution is 6.22. The van der Waals surface area contributed by atoms with Crippen molar-refractivity contribution in [3.05, 3.63) is 59.2 Å². The summed E-state index contributed by atoms with van der Waals surface area (Å²) in [5.74, 6) is -0.976. The number of aromatic hydroxyl groups is 1. The van der Waals surface area contributed by atoms with E-state index >= 15 is 0 Å². The molecule has 2 aromatic carbocycles. The zero-order valence-electron chi connectivity index (χ0n) is 12.6. The molecule has 1 aliphatic heterocycles. The quantitative estimate of drug-likeness (QED) is 0.859. The average molecular weight is 310 g/mol. The second-order valence-electron chi connectivity index (χ2n) is 5.31. The minimum atomic E-state index is -0.410. The van der Waals surface area contributed by atoms with Crippen LogP contribution >= 0.6 is 0 Å². The number of rotatable bonds is 2. The summed E-state index contributed by atoms with van der Waals surface area (Å²) in [5.41, 5.74) is 1.47. The summed E-state index contributed by atoms with van der Waals surface area (Å²) in [6.45, 7) is 0. The molecule has 0 radical (unpaired) electrons. The van der Waals surface area contributed by atoms with E-state index < -0.39 is 5.91 Å². The van der Waals surface area contributed by atoms with E-state index in [1.165, 1.54) is 42.3 Å². The van der Waals surface area contributed by atoms with Crippen LogP contribution in [0.5, 0.6) is 5.75 Å². The Hall–Kier alpha value is -3.15. The number of phenols is 1. The molecule has 0 aromatic heterocycles. The van der Waals surface area contributed by atoms with Crippen LogP contribution in [0, 0.1) is 0 Å². The van der Waals surface area contributed by atoms with E-state index in [0.29, 0.717) is 16.8 Å². The van der Waals surface area contributed by atoms with Crippen molar-refractivity contribution < 1.29 is 19.5 Å². The summed E-state index contributed by atoms with van der Waals surface area (Å²) >= 11 is 0. The van der Waals surface area contributed by atoms with Crippen LogP contribution in [0.3, 0.4) is 0 Å². The van der Waals surface area contributed by atoms with E-state index in [0.717, 1.165) is 4.90 Å². The van der Waals surface area contributed by atoms with E-state index in [4.69, 9.17) is 0 Å². The molecule has 6 heteroatoms. The number of amides is 3. The lowest BCUT2D eigenvalue weighted by Gasteiger charge is -2.17. The summed E-state index contributed by atoms with van der Waals surface area (Å²) < 4.78 is 0. The first-order valence-corrected chi connectivity index (χ1v) is 6.93. The molecule has 3 rings (SSSR count). The summed E-state index contributed by atoms with van der Waals surface area (Å²) in [7, 11) is 3.01. The Kier molecular flexibility index (Phi) is 3.37. The average Bonchev–Trinajstić information content (AvgIpc) is 2.78. The summed E-state index contributed by atoms with van der Waals surface area (Å²) in [4.78, 5) is 38.9. The van der Waals surface area contributed by atoms with E-state index in [1.807, 2.05) is 0 Å². The zero-order chi connectivity index (χ0) is 16.7. The van der Waals surface area contributed by atoms with Gasteiger partial charge in [-0.3, -0.25) is 19.3 Å². The Balaban J connectivity index is 1.94. The molecule has 0 aliphatic carbocycles. The Bertz CT molecular complexity index is 827. The molecule has 23 heavy (non-hydrogen) atoms. The number of phenolic OH excluding ortho intramolecular Hbond substituents is 1. The Labute approximate surface area is 132 Å². The Morgan fingerprint density at radius 2 is 1.61 bits per heavy atom. The van der Waals surface area contributed by atoms with Crippen LogP contribution in [0.1, 0.15) is 31.1 Å². The Morgan fingerprint density at radius 3 is 2.26 bits per heavy atom. The van der Waals surface area contributed by atoms with Crippen molar-refractivity contribution in [1.82, 2.24) is 4.90 Å². The highest BCUT2D eigenvalue weighted by Crippen LogP contribution is 2.24. The molecule has 0 spiro atoms. The predicted octanol–water partition coefficient (Wildman–Crippen LogP) is 1.89. The molecule has 6 nitrogen and oxygen atoms in total. The number of nitrogens with zero attached hydrogens (tertiary/aromatic N) is 2. The third-order valence-corrected chi connectivity index (χ3v) is 3.88. The molecule has 0 bridgehead atoms. The number of fused-ring (bicyclic) bond motifs is 1.